The Bertz CT molecular complexity index is 572. The Balaban J connectivity index is 1.73. The van der Waals surface area contributed by atoms with Gasteiger partial charge in [0.15, 0.2) is 0 Å². The van der Waals surface area contributed by atoms with Gasteiger partial charge >= 0.3 is 0 Å². The van der Waals surface area contributed by atoms with Gasteiger partial charge in [-0.15, -0.1) is 0 Å². The minimum atomic E-state index is -0.427. The summed E-state index contributed by atoms with van der Waals surface area (Å²) in [6.07, 6.45) is 1.10. The molecule has 0 aliphatic carbocycles. The lowest BCUT2D eigenvalue weighted by Gasteiger charge is -2.10. The number of carbonyl (C=O) groups is 2. The fourth-order valence-corrected chi connectivity index (χ4v) is 3.02. The van der Waals surface area contributed by atoms with E-state index in [9.17, 15) is 9.59 Å². The lowest BCUT2D eigenvalue weighted by Crippen LogP contribution is -2.29. The molecule has 1 N–H and O–H groups in total. The van der Waals surface area contributed by atoms with Crippen LogP contribution in [0.25, 0.3) is 0 Å². The van der Waals surface area contributed by atoms with Gasteiger partial charge in [0.25, 0.3) is 5.91 Å². The van der Waals surface area contributed by atoms with Gasteiger partial charge in [-0.2, -0.15) is 0 Å². The first-order chi connectivity index (χ1) is 11.0. The van der Waals surface area contributed by atoms with Crippen LogP contribution in [-0.2, 0) is 9.59 Å². The first-order valence-electron chi connectivity index (χ1n) is 7.77. The molecule has 23 heavy (non-hydrogen) atoms. The van der Waals surface area contributed by atoms with E-state index >= 15 is 0 Å². The molecule has 0 radical (unpaired) electrons. The molecule has 1 heterocycles. The van der Waals surface area contributed by atoms with E-state index < -0.39 is 5.25 Å². The van der Waals surface area contributed by atoms with Crippen LogP contribution in [0.15, 0.2) is 35.3 Å². The third-order valence-corrected chi connectivity index (χ3v) is 4.44. The number of aliphatic imine (C=N–C) groups is 1. The number of ether oxygens (including phenoxy) is 1. The first kappa shape index (κ1) is 17.5. The van der Waals surface area contributed by atoms with Gasteiger partial charge in [-0.3, -0.25) is 9.59 Å². The number of benzene rings is 1. The van der Waals surface area contributed by atoms with E-state index in [1.54, 1.807) is 0 Å². The lowest BCUT2D eigenvalue weighted by molar-refractivity contribution is -0.124. The van der Waals surface area contributed by atoms with Crippen molar-refractivity contribution in [2.75, 3.05) is 13.2 Å². The van der Waals surface area contributed by atoms with Crippen LogP contribution in [0.2, 0.25) is 0 Å². The maximum absolute atomic E-state index is 11.9. The molecule has 5 nitrogen and oxygen atoms in total. The van der Waals surface area contributed by atoms with E-state index in [4.69, 9.17) is 4.74 Å². The van der Waals surface area contributed by atoms with Crippen molar-refractivity contribution in [2.45, 2.75) is 31.9 Å². The number of rotatable bonds is 8. The summed E-state index contributed by atoms with van der Waals surface area (Å²) in [5.74, 6) is 0.929. The van der Waals surface area contributed by atoms with Crippen molar-refractivity contribution >= 4 is 28.6 Å². The van der Waals surface area contributed by atoms with Gasteiger partial charge in [-0.25, -0.2) is 4.99 Å². The van der Waals surface area contributed by atoms with Crippen LogP contribution in [0.3, 0.4) is 0 Å². The molecule has 0 bridgehead atoms. The molecule has 1 aliphatic rings. The number of para-hydroxylation sites is 1. The van der Waals surface area contributed by atoms with Crippen molar-refractivity contribution in [1.82, 2.24) is 5.32 Å². The van der Waals surface area contributed by atoms with Crippen LogP contribution >= 0.6 is 11.8 Å². The molecule has 0 saturated heterocycles. The van der Waals surface area contributed by atoms with Crippen molar-refractivity contribution in [3.63, 3.8) is 0 Å². The largest absolute Gasteiger partial charge is 0.487 e. The zero-order valence-electron chi connectivity index (χ0n) is 13.5. The summed E-state index contributed by atoms with van der Waals surface area (Å²) in [5.41, 5.74) is 0. The molecule has 6 heteroatoms. The maximum atomic E-state index is 11.9. The SMILES string of the molecule is CC(C)CCNC(=O)C[C@H]1SC(COc2ccccc2)=NC1=O. The van der Waals surface area contributed by atoms with Crippen molar-refractivity contribution < 1.29 is 14.3 Å². The molecule has 1 atom stereocenters. The van der Waals surface area contributed by atoms with Gasteiger partial charge in [0, 0.05) is 13.0 Å². The van der Waals surface area contributed by atoms with Crippen molar-refractivity contribution in [1.29, 1.82) is 0 Å². The van der Waals surface area contributed by atoms with E-state index in [0.29, 0.717) is 17.5 Å². The van der Waals surface area contributed by atoms with Crippen LogP contribution in [0, 0.1) is 5.92 Å². The molecule has 1 aromatic rings. The molecule has 0 saturated carbocycles. The Morgan fingerprint density at radius 2 is 2.09 bits per heavy atom. The average Bonchev–Trinajstić information content (AvgIpc) is 2.86. The van der Waals surface area contributed by atoms with Gasteiger partial charge in [-0.05, 0) is 24.5 Å². The predicted molar refractivity (Wildman–Crippen MR) is 92.8 cm³/mol. The van der Waals surface area contributed by atoms with Crippen LogP contribution < -0.4 is 10.1 Å². The molecular formula is C17H22N2O3S. The zero-order valence-corrected chi connectivity index (χ0v) is 14.3. The van der Waals surface area contributed by atoms with E-state index in [-0.39, 0.29) is 24.8 Å². The molecule has 0 fully saturated rings. The summed E-state index contributed by atoms with van der Waals surface area (Å²) in [6.45, 7) is 5.11. The Hall–Kier alpha value is -1.82. The maximum Gasteiger partial charge on any atom is 0.260 e. The predicted octanol–water partition coefficient (Wildman–Crippen LogP) is 2.66. The minimum absolute atomic E-state index is 0.100. The Kier molecular flexibility index (Phi) is 6.65. The molecule has 0 aromatic heterocycles. The number of nitrogens with one attached hydrogen (secondary N) is 1. The lowest BCUT2D eigenvalue weighted by atomic mass is 10.1. The Morgan fingerprint density at radius 3 is 2.78 bits per heavy atom. The molecular weight excluding hydrogens is 312 g/mol. The topological polar surface area (TPSA) is 67.8 Å². The van der Waals surface area contributed by atoms with Crippen LogP contribution in [-0.4, -0.2) is 35.3 Å². The number of thioether (sulfide) groups is 1. The third kappa shape index (κ3) is 6.06. The second-order valence-corrected chi connectivity index (χ2v) is 7.06. The quantitative estimate of drug-likeness (QED) is 0.793. The van der Waals surface area contributed by atoms with Crippen molar-refractivity contribution in [3.8, 4) is 5.75 Å². The molecule has 1 aromatic carbocycles. The van der Waals surface area contributed by atoms with E-state index in [2.05, 4.69) is 24.2 Å². The van der Waals surface area contributed by atoms with Crippen molar-refractivity contribution in [3.05, 3.63) is 30.3 Å². The average molecular weight is 334 g/mol. The van der Waals surface area contributed by atoms with Crippen LogP contribution in [0.5, 0.6) is 5.75 Å². The second-order valence-electron chi connectivity index (χ2n) is 5.79. The van der Waals surface area contributed by atoms with E-state index in [0.717, 1.165) is 12.2 Å². The fraction of sp³-hybridized carbons (Fsp3) is 0.471. The highest BCUT2D eigenvalue weighted by atomic mass is 32.2. The monoisotopic (exact) mass is 334 g/mol. The van der Waals surface area contributed by atoms with Gasteiger partial charge in [0.05, 0.1) is 0 Å². The zero-order chi connectivity index (χ0) is 16.7. The fourth-order valence-electron chi connectivity index (χ4n) is 2.03. The molecule has 0 unspecified atom stereocenters. The molecule has 124 valence electrons. The standard InChI is InChI=1S/C17H22N2O3S/c1-12(2)8-9-18-15(20)10-14-17(21)19-16(23-14)11-22-13-6-4-3-5-7-13/h3-7,12,14H,8-11H2,1-2H3,(H,18,20)/t14-/m1/s1. The Morgan fingerprint density at radius 1 is 1.35 bits per heavy atom. The first-order valence-corrected chi connectivity index (χ1v) is 8.65. The van der Waals surface area contributed by atoms with E-state index in [1.807, 2.05) is 30.3 Å². The number of carbonyl (C=O) groups excluding carboxylic acids is 2. The van der Waals surface area contributed by atoms with Gasteiger partial charge in [-0.1, -0.05) is 43.8 Å². The molecule has 2 amide bonds. The number of nitrogens with zero attached hydrogens (tertiary/aromatic N) is 1. The van der Waals surface area contributed by atoms with Gasteiger partial charge in [0.1, 0.15) is 22.7 Å². The van der Waals surface area contributed by atoms with Gasteiger partial charge < -0.3 is 10.1 Å². The van der Waals surface area contributed by atoms with Crippen LogP contribution in [0.4, 0.5) is 0 Å². The summed E-state index contributed by atoms with van der Waals surface area (Å²) in [4.78, 5) is 27.7. The summed E-state index contributed by atoms with van der Waals surface area (Å²) >= 11 is 1.32. The Labute approximate surface area is 140 Å². The third-order valence-electron chi connectivity index (χ3n) is 3.31. The highest BCUT2D eigenvalue weighted by Gasteiger charge is 2.30. The van der Waals surface area contributed by atoms with Crippen LogP contribution in [0.1, 0.15) is 26.7 Å². The van der Waals surface area contributed by atoms with Gasteiger partial charge in [0.2, 0.25) is 5.91 Å². The smallest absolute Gasteiger partial charge is 0.260 e. The highest BCUT2D eigenvalue weighted by molar-refractivity contribution is 8.15. The minimum Gasteiger partial charge on any atom is -0.487 e. The molecule has 0 spiro atoms. The molecule has 2 rings (SSSR count). The summed E-state index contributed by atoms with van der Waals surface area (Å²) in [5, 5.41) is 3.04. The number of amides is 2. The normalized spacial score (nSPS) is 17.3. The summed E-state index contributed by atoms with van der Waals surface area (Å²) in [7, 11) is 0. The van der Waals surface area contributed by atoms with Crippen molar-refractivity contribution in [2.24, 2.45) is 10.9 Å². The van der Waals surface area contributed by atoms with E-state index in [1.165, 1.54) is 11.8 Å². The summed E-state index contributed by atoms with van der Waals surface area (Å²) < 4.78 is 5.58. The number of hydrogen-bond acceptors (Lipinski definition) is 4. The molecule has 1 aliphatic heterocycles. The number of hydrogen-bond donors (Lipinski definition) is 1. The highest BCUT2D eigenvalue weighted by Crippen LogP contribution is 2.25. The second kappa shape index (κ2) is 8.72. The summed E-state index contributed by atoms with van der Waals surface area (Å²) in [6, 6.07) is 9.37.